The Labute approximate surface area is 171 Å². The zero-order valence-corrected chi connectivity index (χ0v) is 17.7. The van der Waals surface area contributed by atoms with Gasteiger partial charge in [0.25, 0.3) is 5.56 Å². The lowest BCUT2D eigenvalue weighted by molar-refractivity contribution is -0.114. The zero-order chi connectivity index (χ0) is 21.3. The molecule has 2 N–H and O–H groups in total. The number of aromatic nitrogens is 3. The van der Waals surface area contributed by atoms with E-state index in [1.165, 1.54) is 28.7 Å². The molecule has 0 atom stereocenters. The summed E-state index contributed by atoms with van der Waals surface area (Å²) >= 11 is 0.790. The highest BCUT2D eigenvalue weighted by Gasteiger charge is 2.26. The van der Waals surface area contributed by atoms with E-state index in [4.69, 9.17) is 10.5 Å². The van der Waals surface area contributed by atoms with Crippen LogP contribution in [-0.2, 0) is 19.4 Å². The Morgan fingerprint density at radius 3 is 2.69 bits per heavy atom. The second kappa shape index (κ2) is 7.91. The molecule has 0 amide bonds. The molecule has 3 rings (SSSR count). The molecule has 1 aliphatic rings. The molecule has 0 radical (unpaired) electrons. The Hall–Kier alpha value is -2.79. The molecule has 0 fully saturated rings. The lowest BCUT2D eigenvalue weighted by atomic mass is 10.0. The van der Waals surface area contributed by atoms with E-state index < -0.39 is 15.4 Å². The van der Waals surface area contributed by atoms with Crippen LogP contribution in [0.15, 0.2) is 39.5 Å². The van der Waals surface area contributed by atoms with Crippen LogP contribution < -0.4 is 11.3 Å². The first kappa shape index (κ1) is 20.9. The minimum Gasteiger partial charge on any atom is -0.490 e. The van der Waals surface area contributed by atoms with Gasteiger partial charge in [-0.15, -0.1) is 0 Å². The van der Waals surface area contributed by atoms with E-state index in [9.17, 15) is 18.0 Å². The van der Waals surface area contributed by atoms with Crippen molar-refractivity contribution in [1.82, 2.24) is 13.8 Å². The minimum atomic E-state index is -3.72. The minimum absolute atomic E-state index is 0.00444. The van der Waals surface area contributed by atoms with Crippen LogP contribution in [0.25, 0.3) is 11.0 Å². The van der Waals surface area contributed by atoms with Gasteiger partial charge in [-0.3, -0.25) is 9.59 Å². The first-order valence-electron chi connectivity index (χ1n) is 8.83. The van der Waals surface area contributed by atoms with Crippen molar-refractivity contribution in [1.29, 1.82) is 0 Å². The van der Waals surface area contributed by atoms with Gasteiger partial charge in [0.05, 0.1) is 17.9 Å². The SMILES string of the molecule is CCOC1=C/C(=C/c2c(N)n3c(S(=O)(=O)CC(C)C)nsc3nc2=O)C=CC1=O. The molecular weight excluding hydrogens is 416 g/mol. The van der Waals surface area contributed by atoms with E-state index in [-0.39, 0.29) is 44.7 Å². The molecule has 0 aliphatic heterocycles. The van der Waals surface area contributed by atoms with E-state index >= 15 is 0 Å². The van der Waals surface area contributed by atoms with Crippen LogP contribution in [0.4, 0.5) is 5.82 Å². The summed E-state index contributed by atoms with van der Waals surface area (Å²) in [6.07, 6.45) is 5.76. The van der Waals surface area contributed by atoms with Crippen LogP contribution >= 0.6 is 11.5 Å². The fraction of sp³-hybridized carbons (Fsp3) is 0.333. The van der Waals surface area contributed by atoms with Crippen molar-refractivity contribution in [3.05, 3.63) is 45.5 Å². The second-order valence-corrected chi connectivity index (χ2v) is 9.42. The number of ether oxygens (including phenoxy) is 1. The number of rotatable bonds is 6. The fourth-order valence-electron chi connectivity index (χ4n) is 2.79. The van der Waals surface area contributed by atoms with Crippen LogP contribution in [0.5, 0.6) is 0 Å². The number of sulfone groups is 1. The molecule has 0 aromatic carbocycles. The predicted octanol–water partition coefficient (Wildman–Crippen LogP) is 1.61. The molecule has 0 saturated heterocycles. The van der Waals surface area contributed by atoms with Crippen LogP contribution in [0.2, 0.25) is 0 Å². The molecule has 0 spiro atoms. The smallest absolute Gasteiger partial charge is 0.283 e. The molecule has 0 saturated carbocycles. The van der Waals surface area contributed by atoms with E-state index in [0.717, 1.165) is 11.5 Å². The Morgan fingerprint density at radius 2 is 2.03 bits per heavy atom. The molecule has 154 valence electrons. The standard InChI is InChI=1S/C18H20N4O5S2/c1-4-27-14-8-11(5-6-13(14)23)7-12-15(19)22-17(20-16(12)24)28-21-18(22)29(25,26)9-10(2)3/h5-8,10H,4,9,19H2,1-3H3/b11-7+. The quantitative estimate of drug-likeness (QED) is 0.722. The molecule has 1 aliphatic carbocycles. The molecular formula is C18H20N4O5S2. The highest BCUT2D eigenvalue weighted by atomic mass is 32.2. The van der Waals surface area contributed by atoms with Gasteiger partial charge in [-0.1, -0.05) is 19.9 Å². The number of nitrogens with two attached hydrogens (primary N) is 1. The van der Waals surface area contributed by atoms with Gasteiger partial charge in [0.1, 0.15) is 5.82 Å². The second-order valence-electron chi connectivity index (χ2n) is 6.76. The van der Waals surface area contributed by atoms with Crippen molar-refractivity contribution in [3.8, 4) is 0 Å². The number of nitrogens with zero attached hydrogens (tertiary/aromatic N) is 3. The summed E-state index contributed by atoms with van der Waals surface area (Å²) in [5, 5.41) is -0.240. The van der Waals surface area contributed by atoms with Gasteiger partial charge in [0, 0.05) is 11.5 Å². The first-order chi connectivity index (χ1) is 13.6. The third kappa shape index (κ3) is 4.15. The van der Waals surface area contributed by atoms with E-state index in [1.807, 2.05) is 0 Å². The largest absolute Gasteiger partial charge is 0.490 e. The van der Waals surface area contributed by atoms with E-state index in [1.54, 1.807) is 20.8 Å². The van der Waals surface area contributed by atoms with Gasteiger partial charge in [0.15, 0.2) is 5.76 Å². The molecule has 2 aromatic rings. The summed E-state index contributed by atoms with van der Waals surface area (Å²) < 4.78 is 35.8. The number of nitrogen functional groups attached to an aromatic ring is 1. The highest BCUT2D eigenvalue weighted by molar-refractivity contribution is 7.91. The average Bonchev–Trinajstić information content (AvgIpc) is 3.05. The maximum atomic E-state index is 12.7. The number of hydrogen-bond acceptors (Lipinski definition) is 9. The summed E-state index contributed by atoms with van der Waals surface area (Å²) in [5.74, 6) is -0.448. The van der Waals surface area contributed by atoms with Crippen molar-refractivity contribution in [2.75, 3.05) is 18.1 Å². The van der Waals surface area contributed by atoms with Crippen molar-refractivity contribution in [2.24, 2.45) is 5.92 Å². The first-order valence-corrected chi connectivity index (χ1v) is 11.3. The number of carbonyl (C=O) groups is 1. The van der Waals surface area contributed by atoms with Gasteiger partial charge in [-0.25, -0.2) is 12.8 Å². The fourth-order valence-corrected chi connectivity index (χ4v) is 5.54. The number of allylic oxidation sites excluding steroid dienone is 4. The Kier molecular flexibility index (Phi) is 5.71. The summed E-state index contributed by atoms with van der Waals surface area (Å²) in [5.41, 5.74) is 6.04. The van der Waals surface area contributed by atoms with Gasteiger partial charge >= 0.3 is 0 Å². The van der Waals surface area contributed by atoms with Crippen LogP contribution in [0.1, 0.15) is 26.3 Å². The summed E-state index contributed by atoms with van der Waals surface area (Å²) in [6.45, 7) is 5.63. The molecule has 2 aromatic heterocycles. The molecule has 9 nitrogen and oxygen atoms in total. The maximum Gasteiger partial charge on any atom is 0.283 e. The highest BCUT2D eigenvalue weighted by Crippen LogP contribution is 2.24. The van der Waals surface area contributed by atoms with Gasteiger partial charge in [-0.2, -0.15) is 9.36 Å². The molecule has 0 unspecified atom stereocenters. The zero-order valence-electron chi connectivity index (χ0n) is 16.1. The van der Waals surface area contributed by atoms with Crippen molar-refractivity contribution in [3.63, 3.8) is 0 Å². The number of carbonyl (C=O) groups excluding carboxylic acids is 1. The van der Waals surface area contributed by atoms with Crippen LogP contribution in [0, 0.1) is 5.92 Å². The van der Waals surface area contributed by atoms with Gasteiger partial charge in [0.2, 0.25) is 25.7 Å². The predicted molar refractivity (Wildman–Crippen MR) is 110 cm³/mol. The van der Waals surface area contributed by atoms with E-state index in [0.29, 0.717) is 12.2 Å². The van der Waals surface area contributed by atoms with E-state index in [2.05, 4.69) is 9.36 Å². The topological polar surface area (TPSA) is 134 Å². The molecule has 11 heteroatoms. The number of hydrogen-bond donors (Lipinski definition) is 1. The Bertz CT molecular complexity index is 1230. The molecule has 2 heterocycles. The average molecular weight is 437 g/mol. The summed E-state index contributed by atoms with van der Waals surface area (Å²) in [7, 11) is -3.72. The lowest BCUT2D eigenvalue weighted by Crippen LogP contribution is -2.20. The Balaban J connectivity index is 2.18. The molecule has 29 heavy (non-hydrogen) atoms. The van der Waals surface area contributed by atoms with Crippen molar-refractivity contribution in [2.45, 2.75) is 25.9 Å². The summed E-state index contributed by atoms with van der Waals surface area (Å²) in [4.78, 5) is 28.3. The Morgan fingerprint density at radius 1 is 1.31 bits per heavy atom. The van der Waals surface area contributed by atoms with Gasteiger partial charge in [-0.05, 0) is 36.6 Å². The third-order valence-corrected chi connectivity index (χ3v) is 6.69. The normalized spacial score (nSPS) is 16.1. The molecule has 0 bridgehead atoms. The monoisotopic (exact) mass is 436 g/mol. The lowest BCUT2D eigenvalue weighted by Gasteiger charge is -2.11. The number of ketones is 1. The number of fused-ring (bicyclic) bond motifs is 1. The van der Waals surface area contributed by atoms with Gasteiger partial charge < -0.3 is 10.5 Å². The van der Waals surface area contributed by atoms with Crippen LogP contribution in [-0.4, -0.2) is 40.3 Å². The third-order valence-electron chi connectivity index (χ3n) is 3.94. The van der Waals surface area contributed by atoms with Crippen molar-refractivity contribution >= 4 is 44.0 Å². The van der Waals surface area contributed by atoms with Crippen LogP contribution in [0.3, 0.4) is 0 Å². The summed E-state index contributed by atoms with van der Waals surface area (Å²) in [6, 6.07) is 0. The van der Waals surface area contributed by atoms with Crippen molar-refractivity contribution < 1.29 is 17.9 Å². The maximum absolute atomic E-state index is 12.7. The number of anilines is 1.